The summed E-state index contributed by atoms with van der Waals surface area (Å²) >= 11 is 0. The van der Waals surface area contributed by atoms with Crippen LogP contribution in [-0.4, -0.2) is 51.9 Å². The first-order chi connectivity index (χ1) is 10.7. The second-order valence-corrected chi connectivity index (χ2v) is 5.80. The predicted molar refractivity (Wildman–Crippen MR) is 83.5 cm³/mol. The molecule has 0 saturated carbocycles. The van der Waals surface area contributed by atoms with E-state index in [-0.39, 0.29) is 5.91 Å². The molecule has 6 nitrogen and oxygen atoms in total. The molecule has 0 spiro atoms. The summed E-state index contributed by atoms with van der Waals surface area (Å²) in [6.07, 6.45) is 4.95. The van der Waals surface area contributed by atoms with Gasteiger partial charge in [0.1, 0.15) is 5.69 Å². The number of carbonyl (C=O) groups is 1. The summed E-state index contributed by atoms with van der Waals surface area (Å²) in [5, 5.41) is 7.12. The fraction of sp³-hybridized carbons (Fsp3) is 0.500. The average Bonchev–Trinajstić information content (AvgIpc) is 3.24. The molecule has 118 valence electrons. The van der Waals surface area contributed by atoms with Crippen LogP contribution < -0.4 is 0 Å². The molecule has 0 unspecified atom stereocenters. The van der Waals surface area contributed by atoms with E-state index in [1.165, 1.54) is 0 Å². The monoisotopic (exact) mass is 302 g/mol. The minimum absolute atomic E-state index is 0.0219. The van der Waals surface area contributed by atoms with Crippen molar-refractivity contribution in [3.63, 3.8) is 0 Å². The highest BCUT2D eigenvalue weighted by molar-refractivity contribution is 5.93. The lowest BCUT2D eigenvalue weighted by molar-refractivity contribution is 0.0757. The Bertz CT molecular complexity index is 646. The van der Waals surface area contributed by atoms with Crippen molar-refractivity contribution < 1.29 is 9.53 Å². The highest BCUT2D eigenvalue weighted by Gasteiger charge is 2.28. The number of rotatable bonds is 5. The molecule has 22 heavy (non-hydrogen) atoms. The van der Waals surface area contributed by atoms with Crippen molar-refractivity contribution in [2.24, 2.45) is 13.0 Å². The Kier molecular flexibility index (Phi) is 4.29. The van der Waals surface area contributed by atoms with E-state index in [2.05, 4.69) is 10.2 Å². The fourth-order valence-electron chi connectivity index (χ4n) is 2.84. The number of hydrogen-bond donors (Lipinski definition) is 1. The zero-order valence-corrected chi connectivity index (χ0v) is 13.1. The van der Waals surface area contributed by atoms with Crippen molar-refractivity contribution in [2.75, 3.05) is 26.3 Å². The lowest BCUT2D eigenvalue weighted by Crippen LogP contribution is -2.29. The second-order valence-electron chi connectivity index (χ2n) is 5.80. The van der Waals surface area contributed by atoms with Gasteiger partial charge in [-0.3, -0.25) is 9.89 Å². The van der Waals surface area contributed by atoms with E-state index in [1.807, 2.05) is 48.0 Å². The molecule has 3 rings (SSSR count). The van der Waals surface area contributed by atoms with Crippen molar-refractivity contribution in [2.45, 2.75) is 13.3 Å². The number of carbonyl (C=O) groups excluding carboxylic acids is 1. The number of aryl methyl sites for hydroxylation is 1. The summed E-state index contributed by atoms with van der Waals surface area (Å²) in [5.74, 6) is 0.467. The van der Waals surface area contributed by atoms with Crippen molar-refractivity contribution in [3.05, 3.63) is 30.2 Å². The minimum atomic E-state index is 0.0219. The standard InChI is InChI=1S/C16H22N4O2/c1-3-22-11-12-4-7-20(9-12)16(21)15-8-14(17-18-15)13-5-6-19(2)10-13/h5-6,8,10,12H,3-4,7,9,11H2,1-2H3,(H,17,18)/t12-/m0/s1. The molecule has 1 aliphatic rings. The van der Waals surface area contributed by atoms with E-state index >= 15 is 0 Å². The van der Waals surface area contributed by atoms with Gasteiger partial charge in [0.25, 0.3) is 5.91 Å². The number of hydrogen-bond acceptors (Lipinski definition) is 3. The highest BCUT2D eigenvalue weighted by atomic mass is 16.5. The Balaban J connectivity index is 1.65. The van der Waals surface area contributed by atoms with Crippen molar-refractivity contribution in [3.8, 4) is 11.3 Å². The maximum atomic E-state index is 12.5. The molecule has 1 aliphatic heterocycles. The van der Waals surface area contributed by atoms with E-state index < -0.39 is 0 Å². The van der Waals surface area contributed by atoms with Gasteiger partial charge in [-0.15, -0.1) is 0 Å². The van der Waals surface area contributed by atoms with Crippen molar-refractivity contribution in [1.29, 1.82) is 0 Å². The van der Waals surface area contributed by atoms with E-state index in [1.54, 1.807) is 0 Å². The quantitative estimate of drug-likeness (QED) is 0.917. The summed E-state index contributed by atoms with van der Waals surface area (Å²) in [6, 6.07) is 3.81. The van der Waals surface area contributed by atoms with Crippen LogP contribution in [0, 0.1) is 5.92 Å². The molecule has 0 aromatic carbocycles. The summed E-state index contributed by atoms with van der Waals surface area (Å²) in [5.41, 5.74) is 2.36. The Morgan fingerprint density at radius 1 is 1.55 bits per heavy atom. The van der Waals surface area contributed by atoms with Crippen LogP contribution >= 0.6 is 0 Å². The topological polar surface area (TPSA) is 63.1 Å². The fourth-order valence-corrected chi connectivity index (χ4v) is 2.84. The number of aromatic amines is 1. The molecule has 3 heterocycles. The molecule has 1 amide bonds. The molecule has 1 atom stereocenters. The number of likely N-dealkylation sites (tertiary alicyclic amines) is 1. The predicted octanol–water partition coefficient (Wildman–Crippen LogP) is 1.91. The second kappa shape index (κ2) is 6.36. The third-order valence-electron chi connectivity index (χ3n) is 4.07. The van der Waals surface area contributed by atoms with Gasteiger partial charge in [0, 0.05) is 50.6 Å². The van der Waals surface area contributed by atoms with Crippen LogP contribution in [0.5, 0.6) is 0 Å². The smallest absolute Gasteiger partial charge is 0.271 e. The van der Waals surface area contributed by atoms with E-state index in [0.717, 1.165) is 44.0 Å². The number of H-pyrrole nitrogens is 1. The average molecular weight is 302 g/mol. The molecule has 1 N–H and O–H groups in total. The number of nitrogens with one attached hydrogen (secondary N) is 1. The Labute approximate surface area is 130 Å². The SMILES string of the molecule is CCOC[C@H]1CCN(C(=O)c2cc(-c3ccn(C)c3)n[nH]2)C1. The summed E-state index contributed by atoms with van der Waals surface area (Å²) < 4.78 is 7.42. The first kappa shape index (κ1) is 14.8. The van der Waals surface area contributed by atoms with E-state index in [0.29, 0.717) is 11.6 Å². The molecule has 2 aromatic heterocycles. The molecular formula is C16H22N4O2. The van der Waals surface area contributed by atoms with Gasteiger partial charge < -0.3 is 14.2 Å². The van der Waals surface area contributed by atoms with E-state index in [4.69, 9.17) is 4.74 Å². The number of nitrogens with zero attached hydrogens (tertiary/aromatic N) is 3. The van der Waals surface area contributed by atoms with Crippen molar-refractivity contribution in [1.82, 2.24) is 19.7 Å². The number of ether oxygens (including phenoxy) is 1. The zero-order valence-electron chi connectivity index (χ0n) is 13.1. The normalized spacial score (nSPS) is 18.1. The summed E-state index contributed by atoms with van der Waals surface area (Å²) in [7, 11) is 1.96. The number of amides is 1. The molecule has 2 aromatic rings. The molecule has 1 saturated heterocycles. The maximum absolute atomic E-state index is 12.5. The lowest BCUT2D eigenvalue weighted by Gasteiger charge is -2.15. The van der Waals surface area contributed by atoms with Gasteiger partial charge in [0.05, 0.1) is 12.3 Å². The minimum Gasteiger partial charge on any atom is -0.381 e. The van der Waals surface area contributed by atoms with Crippen LogP contribution in [0.3, 0.4) is 0 Å². The van der Waals surface area contributed by atoms with Crippen LogP contribution in [0.1, 0.15) is 23.8 Å². The van der Waals surface area contributed by atoms with Gasteiger partial charge in [-0.25, -0.2) is 0 Å². The molecular weight excluding hydrogens is 280 g/mol. The summed E-state index contributed by atoms with van der Waals surface area (Å²) in [4.78, 5) is 14.4. The number of aromatic nitrogens is 3. The third kappa shape index (κ3) is 3.06. The highest BCUT2D eigenvalue weighted by Crippen LogP contribution is 2.21. The van der Waals surface area contributed by atoms with Crippen LogP contribution in [0.25, 0.3) is 11.3 Å². The molecule has 0 bridgehead atoms. The Morgan fingerprint density at radius 3 is 3.14 bits per heavy atom. The van der Waals surface area contributed by atoms with Crippen LogP contribution in [-0.2, 0) is 11.8 Å². The van der Waals surface area contributed by atoms with E-state index in [9.17, 15) is 4.79 Å². The van der Waals surface area contributed by atoms with Crippen molar-refractivity contribution >= 4 is 5.91 Å². The third-order valence-corrected chi connectivity index (χ3v) is 4.07. The Hall–Kier alpha value is -2.08. The lowest BCUT2D eigenvalue weighted by atomic mass is 10.1. The zero-order chi connectivity index (χ0) is 15.5. The molecule has 0 aliphatic carbocycles. The first-order valence-electron chi connectivity index (χ1n) is 7.72. The summed E-state index contributed by atoms with van der Waals surface area (Å²) in [6.45, 7) is 5.01. The Morgan fingerprint density at radius 2 is 2.41 bits per heavy atom. The first-order valence-corrected chi connectivity index (χ1v) is 7.72. The van der Waals surface area contributed by atoms with Crippen LogP contribution in [0.4, 0.5) is 0 Å². The van der Waals surface area contributed by atoms with Gasteiger partial charge in [-0.1, -0.05) is 0 Å². The van der Waals surface area contributed by atoms with Gasteiger partial charge in [-0.05, 0) is 25.5 Å². The van der Waals surface area contributed by atoms with Gasteiger partial charge >= 0.3 is 0 Å². The molecule has 1 fully saturated rings. The molecule has 6 heteroatoms. The van der Waals surface area contributed by atoms with Gasteiger partial charge in [-0.2, -0.15) is 5.10 Å². The van der Waals surface area contributed by atoms with Gasteiger partial charge in [0.15, 0.2) is 0 Å². The van der Waals surface area contributed by atoms with Crippen LogP contribution in [0.2, 0.25) is 0 Å². The maximum Gasteiger partial charge on any atom is 0.271 e. The van der Waals surface area contributed by atoms with Gasteiger partial charge in [0.2, 0.25) is 0 Å². The van der Waals surface area contributed by atoms with Crippen LogP contribution in [0.15, 0.2) is 24.5 Å². The molecule has 0 radical (unpaired) electrons. The largest absolute Gasteiger partial charge is 0.381 e.